The number of thioether (sulfide) groups is 1. The highest BCUT2D eigenvalue weighted by atomic mass is 32.2. The summed E-state index contributed by atoms with van der Waals surface area (Å²) in [5.74, 6) is -4.47. The topological polar surface area (TPSA) is 163 Å². The summed E-state index contributed by atoms with van der Waals surface area (Å²) in [7, 11) is 0. The molecule has 13 nitrogen and oxygen atoms in total. The van der Waals surface area contributed by atoms with E-state index in [1.165, 1.54) is 24.0 Å². The molecule has 1 aromatic rings. The number of aliphatic hydroxyl groups excluding tert-OH is 1. The van der Waals surface area contributed by atoms with Crippen molar-refractivity contribution in [2.75, 3.05) is 6.54 Å². The SMILES string of the molecule is CC1C(S[C@H]2C[C@@H](C(=O)N(Cc3ccc(OC(F)(F)F)cc3)C(=O)OC(C)(C)C)N(C(=O)OC(C)(C)C)C2)=C(C(=O)O)N2C(=O)C([C@@H](C)O)C12. The van der Waals surface area contributed by atoms with Gasteiger partial charge in [-0.15, -0.1) is 24.9 Å². The molecule has 2 saturated heterocycles. The van der Waals surface area contributed by atoms with Crippen LogP contribution in [0.5, 0.6) is 5.75 Å². The minimum Gasteiger partial charge on any atom is -0.477 e. The third-order valence-corrected chi connectivity index (χ3v) is 9.65. The summed E-state index contributed by atoms with van der Waals surface area (Å²) >= 11 is 1.10. The monoisotopic (exact) mass is 729 g/mol. The molecular formula is C33H42F3N3O10S. The summed E-state index contributed by atoms with van der Waals surface area (Å²) in [6, 6.07) is 2.68. The molecule has 276 valence electrons. The van der Waals surface area contributed by atoms with E-state index in [2.05, 4.69) is 4.74 Å². The molecule has 2 fully saturated rings. The Morgan fingerprint density at radius 3 is 2.10 bits per heavy atom. The fraction of sp³-hybridized carbons (Fsp3) is 0.606. The van der Waals surface area contributed by atoms with E-state index in [0.29, 0.717) is 4.91 Å². The first-order chi connectivity index (χ1) is 22.9. The van der Waals surface area contributed by atoms with Crippen molar-refractivity contribution >= 4 is 41.7 Å². The van der Waals surface area contributed by atoms with Gasteiger partial charge >= 0.3 is 24.5 Å². The van der Waals surface area contributed by atoms with Gasteiger partial charge in [-0.1, -0.05) is 19.1 Å². The van der Waals surface area contributed by atoms with Crippen LogP contribution in [-0.2, 0) is 30.4 Å². The second kappa shape index (κ2) is 14.0. The number of aliphatic hydroxyl groups is 1. The van der Waals surface area contributed by atoms with E-state index in [1.807, 2.05) is 0 Å². The van der Waals surface area contributed by atoms with Crippen molar-refractivity contribution < 1.29 is 61.6 Å². The van der Waals surface area contributed by atoms with Crippen LogP contribution in [0.1, 0.15) is 67.4 Å². The number of halogens is 3. The lowest BCUT2D eigenvalue weighted by molar-refractivity contribution is -0.274. The Morgan fingerprint density at radius 2 is 1.60 bits per heavy atom. The third kappa shape index (κ3) is 8.65. The van der Waals surface area contributed by atoms with Gasteiger partial charge in [-0.3, -0.25) is 14.5 Å². The Bertz CT molecular complexity index is 1550. The Balaban J connectivity index is 1.67. The van der Waals surface area contributed by atoms with Crippen molar-refractivity contribution in [1.29, 1.82) is 0 Å². The lowest BCUT2D eigenvalue weighted by atomic mass is 9.79. The predicted molar refractivity (Wildman–Crippen MR) is 172 cm³/mol. The van der Waals surface area contributed by atoms with E-state index < -0.39 is 95.1 Å². The molecule has 3 aliphatic rings. The van der Waals surface area contributed by atoms with Crippen LogP contribution in [0.4, 0.5) is 22.8 Å². The molecule has 0 saturated carbocycles. The summed E-state index contributed by atoms with van der Waals surface area (Å²) in [6.07, 6.45) is -7.91. The second-order valence-corrected chi connectivity index (χ2v) is 15.8. The fourth-order valence-electron chi connectivity index (χ4n) is 6.21. The Labute approximate surface area is 291 Å². The summed E-state index contributed by atoms with van der Waals surface area (Å²) in [5, 5.41) is 19.7. The number of hydrogen-bond acceptors (Lipinski definition) is 10. The molecule has 1 aromatic carbocycles. The van der Waals surface area contributed by atoms with Crippen molar-refractivity contribution in [3.8, 4) is 5.75 Å². The number of benzene rings is 1. The molecule has 4 rings (SSSR count). The zero-order valence-corrected chi connectivity index (χ0v) is 29.8. The molecule has 2 N–H and O–H groups in total. The first kappa shape index (κ1) is 38.8. The maximum absolute atomic E-state index is 14.3. The molecule has 3 heterocycles. The predicted octanol–water partition coefficient (Wildman–Crippen LogP) is 5.11. The van der Waals surface area contributed by atoms with Crippen molar-refractivity contribution in [2.45, 2.75) is 109 Å². The van der Waals surface area contributed by atoms with Crippen LogP contribution in [0.25, 0.3) is 0 Å². The zero-order chi connectivity index (χ0) is 37.7. The highest BCUT2D eigenvalue weighted by Crippen LogP contribution is 2.52. The number of imide groups is 1. The van der Waals surface area contributed by atoms with Gasteiger partial charge in [0.15, 0.2) is 0 Å². The van der Waals surface area contributed by atoms with Crippen molar-refractivity contribution in [3.05, 3.63) is 40.4 Å². The van der Waals surface area contributed by atoms with Gasteiger partial charge in [0.1, 0.15) is 28.7 Å². The summed E-state index contributed by atoms with van der Waals surface area (Å²) in [4.78, 5) is 70.0. The quantitative estimate of drug-likeness (QED) is 0.342. The number of likely N-dealkylation sites (tertiary alicyclic amines) is 1. The van der Waals surface area contributed by atoms with E-state index in [4.69, 9.17) is 9.47 Å². The van der Waals surface area contributed by atoms with Gasteiger partial charge < -0.3 is 29.3 Å². The molecule has 0 aliphatic carbocycles. The van der Waals surface area contributed by atoms with Gasteiger partial charge in [0.05, 0.1) is 24.6 Å². The molecule has 0 bridgehead atoms. The van der Waals surface area contributed by atoms with E-state index in [1.54, 1.807) is 48.5 Å². The van der Waals surface area contributed by atoms with Crippen LogP contribution in [0, 0.1) is 11.8 Å². The number of aliphatic carboxylic acids is 1. The molecule has 4 amide bonds. The normalized spacial score (nSPS) is 24.4. The minimum absolute atomic E-state index is 0.0536. The van der Waals surface area contributed by atoms with Gasteiger partial charge in [-0.25, -0.2) is 19.3 Å². The number of carboxylic acid groups (broad SMARTS) is 1. The average Bonchev–Trinajstić information content (AvgIpc) is 3.47. The molecule has 3 aliphatic heterocycles. The summed E-state index contributed by atoms with van der Waals surface area (Å²) in [6.45, 7) is 12.3. The Kier molecular flexibility index (Phi) is 10.8. The Hall–Kier alpha value is -3.99. The molecule has 3 unspecified atom stereocenters. The highest BCUT2D eigenvalue weighted by molar-refractivity contribution is 8.03. The molecule has 17 heteroatoms. The molecular weight excluding hydrogens is 687 g/mol. The molecule has 0 radical (unpaired) electrons. The number of β-lactam (4-membered cyclic amide) rings is 1. The van der Waals surface area contributed by atoms with Gasteiger partial charge in [-0.2, -0.15) is 0 Å². The molecule has 0 spiro atoms. The maximum atomic E-state index is 14.3. The van der Waals surface area contributed by atoms with Crippen LogP contribution >= 0.6 is 11.8 Å². The first-order valence-electron chi connectivity index (χ1n) is 15.9. The van der Waals surface area contributed by atoms with Crippen LogP contribution in [-0.4, -0.2) is 102 Å². The number of carbonyl (C=O) groups excluding carboxylic acids is 4. The number of nitrogens with zero attached hydrogens (tertiary/aromatic N) is 3. The van der Waals surface area contributed by atoms with Crippen molar-refractivity contribution in [1.82, 2.24) is 14.7 Å². The number of alkyl halides is 3. The van der Waals surface area contributed by atoms with Gasteiger partial charge in [0.2, 0.25) is 5.91 Å². The third-order valence-electron chi connectivity index (χ3n) is 8.16. The standard InChI is InChI=1S/C33H42F3N3O10S/c1-16-23-22(17(2)40)27(42)39(23)24(28(43)44)25(16)50-20-13-21(37(15-20)29(45)48-31(3,4)5)26(41)38(30(46)49-32(6,7)8)14-18-9-11-19(12-10-18)47-33(34,35)36/h9-12,16-17,20-23,40H,13-15H2,1-8H3,(H,43,44)/t16?,17-,20+,21+,22?,23?/m1/s1. The fourth-order valence-corrected chi connectivity index (χ4v) is 7.73. The largest absolute Gasteiger partial charge is 0.573 e. The van der Waals surface area contributed by atoms with Crippen LogP contribution in [0.2, 0.25) is 0 Å². The lowest BCUT2D eigenvalue weighted by Crippen LogP contribution is -2.63. The van der Waals surface area contributed by atoms with Crippen molar-refractivity contribution in [2.24, 2.45) is 11.8 Å². The van der Waals surface area contributed by atoms with Crippen LogP contribution < -0.4 is 4.74 Å². The number of carbonyl (C=O) groups is 5. The van der Waals surface area contributed by atoms with Crippen LogP contribution in [0.3, 0.4) is 0 Å². The molecule has 6 atom stereocenters. The zero-order valence-electron chi connectivity index (χ0n) is 28.9. The van der Waals surface area contributed by atoms with E-state index in [-0.39, 0.29) is 24.2 Å². The van der Waals surface area contributed by atoms with Crippen molar-refractivity contribution in [3.63, 3.8) is 0 Å². The van der Waals surface area contributed by atoms with Gasteiger partial charge in [0, 0.05) is 22.6 Å². The number of carboxylic acids is 1. The smallest absolute Gasteiger partial charge is 0.477 e. The van der Waals surface area contributed by atoms with E-state index >= 15 is 0 Å². The first-order valence-corrected chi connectivity index (χ1v) is 16.8. The summed E-state index contributed by atoms with van der Waals surface area (Å²) in [5.41, 5.74) is -1.98. The number of fused-ring (bicyclic) bond motifs is 1. The second-order valence-electron chi connectivity index (χ2n) is 14.5. The maximum Gasteiger partial charge on any atom is 0.573 e. The molecule has 50 heavy (non-hydrogen) atoms. The minimum atomic E-state index is -4.93. The highest BCUT2D eigenvalue weighted by Gasteiger charge is 2.60. The summed E-state index contributed by atoms with van der Waals surface area (Å²) < 4.78 is 53.1. The van der Waals surface area contributed by atoms with Gasteiger partial charge in [0.25, 0.3) is 5.91 Å². The van der Waals surface area contributed by atoms with E-state index in [0.717, 1.165) is 33.7 Å². The lowest BCUT2D eigenvalue weighted by Gasteiger charge is -2.46. The average molecular weight is 730 g/mol. The number of ether oxygens (including phenoxy) is 3. The number of amides is 4. The van der Waals surface area contributed by atoms with Crippen LogP contribution in [0.15, 0.2) is 34.9 Å². The molecule has 0 aromatic heterocycles. The Morgan fingerprint density at radius 1 is 1.02 bits per heavy atom. The van der Waals surface area contributed by atoms with E-state index in [9.17, 15) is 47.4 Å². The van der Waals surface area contributed by atoms with Gasteiger partial charge in [-0.05, 0) is 72.6 Å². The number of rotatable bonds is 8. The number of hydrogen-bond donors (Lipinski definition) is 2.